The number of nitrogens with zero attached hydrogens (tertiary/aromatic N) is 1. The highest BCUT2D eigenvalue weighted by Crippen LogP contribution is 2.48. The number of hydrogen-bond donors (Lipinski definition) is 0. The minimum atomic E-state index is 0.154. The molecule has 8 aromatic carbocycles. The Balaban J connectivity index is 1.29. The molecule has 2 heterocycles. The Hall–Kier alpha value is -6.10. The number of benzene rings is 8. The van der Waals surface area contributed by atoms with Crippen molar-refractivity contribution in [3.63, 3.8) is 0 Å². The standard InChI is InChI=1S/C48H26B5NOS/c49-43-44(50)46(52)48(47(53)45(43)51)54(30-14-8-13-28(25-30)29-23-24-40-35(26-29)32-15-5-7-22-39(32)56-40)36-19-9-17-31(27-11-2-1-3-12-27)41(36)34-18-10-21-38-42(34)33-16-4-6-20-37(33)55-38/h1-26H. The lowest BCUT2D eigenvalue weighted by Crippen LogP contribution is -2.56. The zero-order valence-corrected chi connectivity index (χ0v) is 31.0. The highest BCUT2D eigenvalue weighted by molar-refractivity contribution is 7.25. The van der Waals surface area contributed by atoms with Gasteiger partial charge in [-0.2, -0.15) is 0 Å². The lowest BCUT2D eigenvalue weighted by Gasteiger charge is -2.34. The fourth-order valence-electron chi connectivity index (χ4n) is 8.05. The minimum absolute atomic E-state index is 0.154. The number of furan rings is 1. The van der Waals surface area contributed by atoms with Crippen LogP contribution in [0.15, 0.2) is 162 Å². The summed E-state index contributed by atoms with van der Waals surface area (Å²) in [6.07, 6.45) is 0. The van der Waals surface area contributed by atoms with Crippen LogP contribution >= 0.6 is 11.3 Å². The zero-order valence-electron chi connectivity index (χ0n) is 30.2. The van der Waals surface area contributed by atoms with E-state index in [1.807, 2.05) is 48.5 Å². The van der Waals surface area contributed by atoms with Crippen molar-refractivity contribution >= 4 is 137 Å². The monoisotopic (exact) mass is 719 g/mol. The second kappa shape index (κ2) is 13.6. The maximum absolute atomic E-state index is 6.97. The number of anilines is 3. The molecule has 10 radical (unpaired) electrons. The van der Waals surface area contributed by atoms with E-state index in [1.54, 1.807) is 11.3 Å². The third-order valence-corrected chi connectivity index (χ3v) is 11.9. The van der Waals surface area contributed by atoms with E-state index in [0.717, 1.165) is 66.7 Å². The van der Waals surface area contributed by atoms with Crippen LogP contribution in [0.5, 0.6) is 0 Å². The van der Waals surface area contributed by atoms with Gasteiger partial charge in [0.1, 0.15) is 50.4 Å². The van der Waals surface area contributed by atoms with Gasteiger partial charge in [0.25, 0.3) is 0 Å². The molecular weight excluding hydrogens is 693 g/mol. The molecule has 0 bridgehead atoms. The van der Waals surface area contributed by atoms with Gasteiger partial charge in [-0.15, -0.1) is 27.7 Å². The molecule has 10 rings (SSSR count). The number of thiophene rings is 1. The van der Waals surface area contributed by atoms with E-state index in [-0.39, 0.29) is 27.3 Å². The van der Waals surface area contributed by atoms with Gasteiger partial charge < -0.3 is 9.32 Å². The SMILES string of the molecule is [B]c1c([B])c([B])c(N(c2cccc(-c3ccc4sc5ccccc5c4c3)c2)c2cccc(-c3ccccc3)c2-c2cccc3oc4ccccc4c23)c([B])c1[B]. The van der Waals surface area contributed by atoms with E-state index >= 15 is 0 Å². The maximum Gasteiger partial charge on any atom is 0.136 e. The summed E-state index contributed by atoms with van der Waals surface area (Å²) in [5.41, 5.74) is 10.7. The first-order valence-corrected chi connectivity index (χ1v) is 19.1. The second-order valence-electron chi connectivity index (χ2n) is 14.0. The summed E-state index contributed by atoms with van der Waals surface area (Å²) in [5, 5.41) is 4.46. The molecular formula is C48H26B5NOS. The van der Waals surface area contributed by atoms with E-state index in [1.165, 1.54) is 20.2 Å². The largest absolute Gasteiger partial charge is 0.456 e. The third-order valence-electron chi connectivity index (χ3n) is 10.7. The summed E-state index contributed by atoms with van der Waals surface area (Å²) >= 11 is 1.80. The van der Waals surface area contributed by atoms with Crippen molar-refractivity contribution in [3.8, 4) is 33.4 Å². The molecule has 0 saturated carbocycles. The van der Waals surface area contributed by atoms with Gasteiger partial charge in [0.15, 0.2) is 0 Å². The molecule has 0 unspecified atom stereocenters. The first-order chi connectivity index (χ1) is 27.4. The Bertz CT molecular complexity index is 3140. The van der Waals surface area contributed by atoms with Gasteiger partial charge in [0, 0.05) is 47.9 Å². The van der Waals surface area contributed by atoms with Crippen LogP contribution in [-0.4, -0.2) is 39.2 Å². The van der Waals surface area contributed by atoms with Crippen molar-refractivity contribution in [2.45, 2.75) is 0 Å². The van der Waals surface area contributed by atoms with E-state index in [4.69, 9.17) is 43.6 Å². The maximum atomic E-state index is 6.97. The lowest BCUT2D eigenvalue weighted by atomic mass is 9.61. The topological polar surface area (TPSA) is 16.4 Å². The van der Waals surface area contributed by atoms with Crippen molar-refractivity contribution in [2.75, 3.05) is 4.90 Å². The normalized spacial score (nSPS) is 11.6. The molecule has 0 atom stereocenters. The van der Waals surface area contributed by atoms with Gasteiger partial charge in [-0.1, -0.05) is 120 Å². The first kappa shape index (κ1) is 34.4. The van der Waals surface area contributed by atoms with Crippen molar-refractivity contribution in [3.05, 3.63) is 158 Å². The van der Waals surface area contributed by atoms with Crippen LogP contribution in [0, 0.1) is 0 Å². The van der Waals surface area contributed by atoms with Crippen LogP contribution in [-0.2, 0) is 0 Å². The molecule has 0 aliphatic carbocycles. The van der Waals surface area contributed by atoms with Gasteiger partial charge in [0.2, 0.25) is 0 Å². The molecule has 8 heteroatoms. The predicted octanol–water partition coefficient (Wildman–Crippen LogP) is 8.39. The van der Waals surface area contributed by atoms with Crippen LogP contribution in [0.25, 0.3) is 75.5 Å². The predicted molar refractivity (Wildman–Crippen MR) is 245 cm³/mol. The van der Waals surface area contributed by atoms with Gasteiger partial charge in [0.05, 0.1) is 5.69 Å². The third kappa shape index (κ3) is 5.46. The fraction of sp³-hybridized carbons (Fsp3) is 0. The van der Waals surface area contributed by atoms with E-state index in [0.29, 0.717) is 5.69 Å². The first-order valence-electron chi connectivity index (χ1n) is 18.3. The summed E-state index contributed by atoms with van der Waals surface area (Å²) in [7, 11) is 33.6. The van der Waals surface area contributed by atoms with E-state index < -0.39 is 0 Å². The Morgan fingerprint density at radius 3 is 1.86 bits per heavy atom. The van der Waals surface area contributed by atoms with Gasteiger partial charge in [-0.25, -0.2) is 0 Å². The highest BCUT2D eigenvalue weighted by Gasteiger charge is 2.26. The summed E-state index contributed by atoms with van der Waals surface area (Å²) in [6, 6.07) is 54.5. The summed E-state index contributed by atoms with van der Waals surface area (Å²) in [4.78, 5) is 2.07. The Morgan fingerprint density at radius 1 is 0.429 bits per heavy atom. The molecule has 0 aliphatic heterocycles. The summed E-state index contributed by atoms with van der Waals surface area (Å²) < 4.78 is 8.93. The molecule has 250 valence electrons. The average Bonchev–Trinajstić information content (AvgIpc) is 3.82. The molecule has 10 aromatic rings. The molecule has 2 nitrogen and oxygen atoms in total. The quantitative estimate of drug-likeness (QED) is 0.161. The van der Waals surface area contributed by atoms with Crippen molar-refractivity contribution in [1.29, 1.82) is 0 Å². The van der Waals surface area contributed by atoms with Crippen LogP contribution in [0.1, 0.15) is 0 Å². The molecule has 56 heavy (non-hydrogen) atoms. The smallest absolute Gasteiger partial charge is 0.136 e. The molecule has 0 N–H and O–H groups in total. The number of rotatable bonds is 6. The highest BCUT2D eigenvalue weighted by atomic mass is 32.1. The Kier molecular flexibility index (Phi) is 8.34. The molecule has 2 aromatic heterocycles. The second-order valence-corrected chi connectivity index (χ2v) is 15.0. The van der Waals surface area contributed by atoms with E-state index in [9.17, 15) is 0 Å². The Morgan fingerprint density at radius 2 is 1.04 bits per heavy atom. The van der Waals surface area contributed by atoms with Crippen LogP contribution < -0.4 is 32.2 Å². The van der Waals surface area contributed by atoms with Gasteiger partial charge in [-0.05, 0) is 76.3 Å². The van der Waals surface area contributed by atoms with Crippen LogP contribution in [0.4, 0.5) is 17.1 Å². The molecule has 0 amide bonds. The van der Waals surface area contributed by atoms with Crippen LogP contribution in [0.3, 0.4) is 0 Å². The van der Waals surface area contributed by atoms with Crippen molar-refractivity contribution in [2.24, 2.45) is 0 Å². The number of hydrogen-bond acceptors (Lipinski definition) is 3. The summed E-state index contributed by atoms with van der Waals surface area (Å²) in [6.45, 7) is 0. The van der Waals surface area contributed by atoms with Crippen LogP contribution in [0.2, 0.25) is 0 Å². The van der Waals surface area contributed by atoms with E-state index in [2.05, 4.69) is 114 Å². The molecule has 0 saturated heterocycles. The van der Waals surface area contributed by atoms with Gasteiger partial charge >= 0.3 is 0 Å². The average molecular weight is 719 g/mol. The van der Waals surface area contributed by atoms with Crippen molar-refractivity contribution in [1.82, 2.24) is 0 Å². The molecule has 0 fully saturated rings. The fourth-order valence-corrected chi connectivity index (χ4v) is 9.13. The minimum Gasteiger partial charge on any atom is -0.456 e. The molecule has 0 spiro atoms. The lowest BCUT2D eigenvalue weighted by molar-refractivity contribution is 0.669. The molecule has 0 aliphatic rings. The Labute approximate surface area is 335 Å². The number of para-hydroxylation sites is 1. The van der Waals surface area contributed by atoms with Gasteiger partial charge in [-0.3, -0.25) is 0 Å². The van der Waals surface area contributed by atoms with Crippen molar-refractivity contribution < 1.29 is 4.42 Å². The summed E-state index contributed by atoms with van der Waals surface area (Å²) in [5.74, 6) is 0. The number of fused-ring (bicyclic) bond motifs is 6. The zero-order chi connectivity index (χ0) is 38.1.